The first-order chi connectivity index (χ1) is 11.2. The number of nitrogens with zero attached hydrogens (tertiary/aromatic N) is 4. The van der Waals surface area contributed by atoms with Crippen LogP contribution in [0.4, 0.5) is 17.2 Å². The first-order valence-electron chi connectivity index (χ1n) is 7.99. The molecule has 5 nitrogen and oxygen atoms in total. The van der Waals surface area contributed by atoms with E-state index in [9.17, 15) is 0 Å². The minimum Gasteiger partial charge on any atom is -0.369 e. The summed E-state index contributed by atoms with van der Waals surface area (Å²) in [6, 6.07) is 10.1. The van der Waals surface area contributed by atoms with Gasteiger partial charge in [0.25, 0.3) is 0 Å². The summed E-state index contributed by atoms with van der Waals surface area (Å²) in [5.41, 5.74) is 2.25. The molecule has 1 aliphatic heterocycles. The largest absolute Gasteiger partial charge is 0.369 e. The van der Waals surface area contributed by atoms with Crippen LogP contribution in [-0.4, -0.2) is 48.1 Å². The van der Waals surface area contributed by atoms with Crippen LogP contribution in [0.2, 0.25) is 5.15 Å². The Morgan fingerprint density at radius 1 is 1.00 bits per heavy atom. The summed E-state index contributed by atoms with van der Waals surface area (Å²) in [6.07, 6.45) is 1.45. The smallest absolute Gasteiger partial charge is 0.135 e. The van der Waals surface area contributed by atoms with Crippen LogP contribution in [0.3, 0.4) is 0 Å². The van der Waals surface area contributed by atoms with E-state index in [1.807, 2.05) is 13.8 Å². The van der Waals surface area contributed by atoms with E-state index in [0.717, 1.165) is 31.9 Å². The van der Waals surface area contributed by atoms with Crippen LogP contribution < -0.4 is 10.2 Å². The summed E-state index contributed by atoms with van der Waals surface area (Å²) in [4.78, 5) is 12.8. The van der Waals surface area contributed by atoms with E-state index in [-0.39, 0.29) is 0 Å². The molecule has 1 N–H and O–H groups in total. The molecule has 0 amide bonds. The van der Waals surface area contributed by atoms with Gasteiger partial charge in [-0.3, -0.25) is 0 Å². The van der Waals surface area contributed by atoms with Gasteiger partial charge < -0.3 is 15.1 Å². The predicted octanol–water partition coefficient (Wildman–Crippen LogP) is 3.65. The highest BCUT2D eigenvalue weighted by atomic mass is 35.5. The van der Waals surface area contributed by atoms with E-state index in [1.54, 1.807) is 6.07 Å². The maximum Gasteiger partial charge on any atom is 0.135 e. The average Bonchev–Trinajstić information content (AvgIpc) is 2.58. The highest BCUT2D eigenvalue weighted by Crippen LogP contribution is 2.21. The van der Waals surface area contributed by atoms with Gasteiger partial charge in [0.1, 0.15) is 17.3 Å². The van der Waals surface area contributed by atoms with Crippen LogP contribution in [0, 0.1) is 0 Å². The van der Waals surface area contributed by atoms with Gasteiger partial charge in [-0.2, -0.15) is 0 Å². The summed E-state index contributed by atoms with van der Waals surface area (Å²) in [5, 5.41) is 3.65. The Morgan fingerprint density at radius 2 is 1.65 bits per heavy atom. The molecule has 1 aromatic heterocycles. The van der Waals surface area contributed by atoms with Crippen molar-refractivity contribution in [2.24, 2.45) is 0 Å². The monoisotopic (exact) mass is 333 g/mol. The lowest BCUT2D eigenvalue weighted by molar-refractivity contribution is 0.313. The van der Waals surface area contributed by atoms with Crippen LogP contribution in [-0.2, 0) is 0 Å². The summed E-state index contributed by atoms with van der Waals surface area (Å²) in [5.74, 6) is 0.697. The molecule has 0 aliphatic carbocycles. The van der Waals surface area contributed by atoms with Gasteiger partial charge in [-0.05, 0) is 31.3 Å². The predicted molar refractivity (Wildman–Crippen MR) is 97.8 cm³/mol. The fraction of sp³-hybridized carbons (Fsp3) is 0.412. The molecule has 0 atom stereocenters. The Hall–Kier alpha value is -1.85. The number of likely N-dealkylation sites (N-methyl/N-ethyl adjacent to an activating group) is 1. The van der Waals surface area contributed by atoms with E-state index in [2.05, 4.69) is 56.4 Å². The van der Waals surface area contributed by atoms with Crippen molar-refractivity contribution in [1.29, 1.82) is 0 Å². The first kappa shape index (κ1) is 17.5. The zero-order chi connectivity index (χ0) is 16.7. The standard InChI is InChI=1S/C15H18ClN5.C2H6/c1-20-6-8-21(9-7-20)13-4-2-12(3-5-13)19-15-10-14(16)17-11-18-15;1-2/h2-5,10-11H,6-9H2,1H3,(H,17,18,19);1-2H3. The van der Waals surface area contributed by atoms with Gasteiger partial charge >= 0.3 is 0 Å². The van der Waals surface area contributed by atoms with E-state index >= 15 is 0 Å². The highest BCUT2D eigenvalue weighted by molar-refractivity contribution is 6.29. The van der Waals surface area contributed by atoms with Gasteiger partial charge in [0, 0.05) is 43.6 Å². The number of piperazine rings is 1. The van der Waals surface area contributed by atoms with Gasteiger partial charge in [-0.25, -0.2) is 9.97 Å². The molecule has 0 saturated carbocycles. The maximum atomic E-state index is 5.85. The van der Waals surface area contributed by atoms with Crippen LogP contribution in [0.5, 0.6) is 0 Å². The number of hydrogen-bond acceptors (Lipinski definition) is 5. The second-order valence-corrected chi connectivity index (χ2v) is 5.58. The van der Waals surface area contributed by atoms with Crippen LogP contribution in [0.1, 0.15) is 13.8 Å². The lowest BCUT2D eigenvalue weighted by Gasteiger charge is -2.34. The number of hydrogen-bond donors (Lipinski definition) is 1. The lowest BCUT2D eigenvalue weighted by Crippen LogP contribution is -2.44. The third-order valence-corrected chi connectivity index (χ3v) is 3.85. The highest BCUT2D eigenvalue weighted by Gasteiger charge is 2.13. The molecule has 2 heterocycles. The second kappa shape index (κ2) is 8.70. The minimum absolute atomic E-state index is 0.432. The lowest BCUT2D eigenvalue weighted by atomic mass is 10.2. The molecule has 0 unspecified atom stereocenters. The molecule has 0 radical (unpaired) electrons. The molecular formula is C17H24ClN5. The zero-order valence-corrected chi connectivity index (χ0v) is 14.7. The number of halogens is 1. The minimum atomic E-state index is 0.432. The van der Waals surface area contributed by atoms with E-state index < -0.39 is 0 Å². The Balaban J connectivity index is 0.000000924. The van der Waals surface area contributed by atoms with Gasteiger partial charge in [0.2, 0.25) is 0 Å². The molecule has 0 bridgehead atoms. The fourth-order valence-electron chi connectivity index (χ4n) is 2.37. The van der Waals surface area contributed by atoms with E-state index in [1.165, 1.54) is 12.0 Å². The summed E-state index contributed by atoms with van der Waals surface area (Å²) < 4.78 is 0. The molecule has 1 saturated heterocycles. The first-order valence-corrected chi connectivity index (χ1v) is 8.37. The molecule has 2 aromatic rings. The molecule has 1 aromatic carbocycles. The van der Waals surface area contributed by atoms with Crippen LogP contribution in [0.25, 0.3) is 0 Å². The number of anilines is 3. The maximum absolute atomic E-state index is 5.85. The van der Waals surface area contributed by atoms with Crippen molar-refractivity contribution in [2.75, 3.05) is 43.4 Å². The number of benzene rings is 1. The third kappa shape index (κ3) is 5.08. The van der Waals surface area contributed by atoms with Gasteiger partial charge in [-0.1, -0.05) is 25.4 Å². The number of aromatic nitrogens is 2. The number of rotatable bonds is 3. The van der Waals surface area contributed by atoms with E-state index in [4.69, 9.17) is 11.6 Å². The molecule has 23 heavy (non-hydrogen) atoms. The van der Waals surface area contributed by atoms with Crippen LogP contribution >= 0.6 is 11.6 Å². The summed E-state index contributed by atoms with van der Waals surface area (Å²) >= 11 is 5.85. The van der Waals surface area contributed by atoms with Crippen molar-refractivity contribution < 1.29 is 0 Å². The fourth-order valence-corrected chi connectivity index (χ4v) is 2.52. The van der Waals surface area contributed by atoms with Crippen LogP contribution in [0.15, 0.2) is 36.7 Å². The Morgan fingerprint density at radius 3 is 2.26 bits per heavy atom. The van der Waals surface area contributed by atoms with Crippen molar-refractivity contribution in [2.45, 2.75) is 13.8 Å². The van der Waals surface area contributed by atoms with Crippen molar-refractivity contribution in [3.05, 3.63) is 41.8 Å². The zero-order valence-electron chi connectivity index (χ0n) is 14.0. The van der Waals surface area contributed by atoms with Crippen molar-refractivity contribution in [3.63, 3.8) is 0 Å². The Kier molecular flexibility index (Phi) is 6.62. The quantitative estimate of drug-likeness (QED) is 0.868. The van der Waals surface area contributed by atoms with Crippen molar-refractivity contribution in [3.8, 4) is 0 Å². The normalized spacial score (nSPS) is 14.9. The third-order valence-electron chi connectivity index (χ3n) is 3.64. The van der Waals surface area contributed by atoms with Gasteiger partial charge in [0.15, 0.2) is 0 Å². The Bertz CT molecular complexity index is 594. The molecule has 3 rings (SSSR count). The SMILES string of the molecule is CC.CN1CCN(c2ccc(Nc3cc(Cl)ncn3)cc2)CC1. The van der Waals surface area contributed by atoms with Gasteiger partial charge in [-0.15, -0.1) is 0 Å². The molecule has 124 valence electrons. The summed E-state index contributed by atoms with van der Waals surface area (Å²) in [6.45, 7) is 8.37. The molecule has 6 heteroatoms. The topological polar surface area (TPSA) is 44.3 Å². The van der Waals surface area contributed by atoms with Crippen molar-refractivity contribution in [1.82, 2.24) is 14.9 Å². The van der Waals surface area contributed by atoms with Crippen molar-refractivity contribution >= 4 is 28.8 Å². The summed E-state index contributed by atoms with van der Waals surface area (Å²) in [7, 11) is 2.16. The molecule has 0 spiro atoms. The molecule has 1 aliphatic rings. The molecule has 1 fully saturated rings. The second-order valence-electron chi connectivity index (χ2n) is 5.19. The Labute approximate surface area is 143 Å². The molecular weight excluding hydrogens is 310 g/mol. The number of nitrogens with one attached hydrogen (secondary N) is 1. The van der Waals surface area contributed by atoms with Gasteiger partial charge in [0.05, 0.1) is 0 Å². The average molecular weight is 334 g/mol. The van der Waals surface area contributed by atoms with E-state index in [0.29, 0.717) is 11.0 Å².